The van der Waals surface area contributed by atoms with Gasteiger partial charge in [-0.15, -0.1) is 11.8 Å². The van der Waals surface area contributed by atoms with Gasteiger partial charge in [0, 0.05) is 31.6 Å². The molecule has 1 unspecified atom stereocenters. The molecule has 1 atom stereocenters. The van der Waals surface area contributed by atoms with Crippen molar-refractivity contribution in [2.24, 2.45) is 20.0 Å². The lowest BCUT2D eigenvalue weighted by Crippen LogP contribution is -2.38. The molecule has 0 saturated carbocycles. The van der Waals surface area contributed by atoms with E-state index in [1.54, 1.807) is 7.05 Å². The van der Waals surface area contributed by atoms with Gasteiger partial charge in [-0.3, -0.25) is 18.7 Å². The fourth-order valence-electron chi connectivity index (χ4n) is 1.64. The standard InChI is InChI=1S/C12H18N2O4S/c1-7(2)10(11(16)17)19-6-8-5-9(15)14(4)12(18)13(8)3/h5,7,10H,6H2,1-4H3,(H,16,17). The van der Waals surface area contributed by atoms with E-state index in [4.69, 9.17) is 5.11 Å². The van der Waals surface area contributed by atoms with Crippen molar-refractivity contribution in [3.8, 4) is 0 Å². The Kier molecular flexibility index (Phi) is 4.99. The highest BCUT2D eigenvalue weighted by molar-refractivity contribution is 7.99. The predicted octanol–water partition coefficient (Wildman–Crippen LogP) is 0.426. The summed E-state index contributed by atoms with van der Waals surface area (Å²) in [6.45, 7) is 3.66. The van der Waals surface area contributed by atoms with E-state index in [0.717, 1.165) is 4.57 Å². The van der Waals surface area contributed by atoms with Crippen LogP contribution in [0.1, 0.15) is 19.5 Å². The van der Waals surface area contributed by atoms with Crippen LogP contribution in [0.25, 0.3) is 0 Å². The highest BCUT2D eigenvalue weighted by Crippen LogP contribution is 2.23. The van der Waals surface area contributed by atoms with Gasteiger partial charge in [0.25, 0.3) is 5.56 Å². The Morgan fingerprint density at radius 3 is 2.37 bits per heavy atom. The monoisotopic (exact) mass is 286 g/mol. The molecule has 1 aromatic rings. The van der Waals surface area contributed by atoms with Crippen LogP contribution < -0.4 is 11.2 Å². The van der Waals surface area contributed by atoms with Crippen LogP contribution >= 0.6 is 11.8 Å². The maximum Gasteiger partial charge on any atom is 0.330 e. The van der Waals surface area contributed by atoms with Gasteiger partial charge < -0.3 is 5.11 Å². The van der Waals surface area contributed by atoms with Crippen LogP contribution in [0.3, 0.4) is 0 Å². The average Bonchev–Trinajstić information content (AvgIpc) is 2.32. The van der Waals surface area contributed by atoms with E-state index in [1.807, 2.05) is 13.8 Å². The number of carbonyl (C=O) groups is 1. The quantitative estimate of drug-likeness (QED) is 0.848. The van der Waals surface area contributed by atoms with Gasteiger partial charge in [-0.2, -0.15) is 0 Å². The minimum atomic E-state index is -0.881. The van der Waals surface area contributed by atoms with E-state index in [0.29, 0.717) is 11.4 Å². The van der Waals surface area contributed by atoms with Crippen LogP contribution in [0.5, 0.6) is 0 Å². The number of hydrogen-bond donors (Lipinski definition) is 1. The smallest absolute Gasteiger partial charge is 0.330 e. The molecule has 106 valence electrons. The molecule has 0 aliphatic carbocycles. The van der Waals surface area contributed by atoms with Gasteiger partial charge in [0.15, 0.2) is 0 Å². The van der Waals surface area contributed by atoms with Gasteiger partial charge in [0.05, 0.1) is 0 Å². The van der Waals surface area contributed by atoms with E-state index in [9.17, 15) is 14.4 Å². The Morgan fingerprint density at radius 2 is 1.89 bits per heavy atom. The molecule has 1 aromatic heterocycles. The van der Waals surface area contributed by atoms with Crippen molar-refractivity contribution < 1.29 is 9.90 Å². The normalized spacial score (nSPS) is 12.7. The van der Waals surface area contributed by atoms with Crippen molar-refractivity contribution in [2.45, 2.75) is 24.9 Å². The molecule has 0 bridgehead atoms. The number of carboxylic acid groups (broad SMARTS) is 1. The molecular weight excluding hydrogens is 268 g/mol. The van der Waals surface area contributed by atoms with Crippen LogP contribution in [0.4, 0.5) is 0 Å². The van der Waals surface area contributed by atoms with Crippen LogP contribution in [0, 0.1) is 5.92 Å². The second kappa shape index (κ2) is 6.10. The van der Waals surface area contributed by atoms with E-state index in [1.165, 1.54) is 29.4 Å². The van der Waals surface area contributed by atoms with Gasteiger partial charge in [-0.25, -0.2) is 4.79 Å². The summed E-state index contributed by atoms with van der Waals surface area (Å²) in [4.78, 5) is 34.4. The number of aliphatic carboxylic acids is 1. The average molecular weight is 286 g/mol. The highest BCUT2D eigenvalue weighted by Gasteiger charge is 2.22. The van der Waals surface area contributed by atoms with Gasteiger partial charge >= 0.3 is 11.7 Å². The zero-order chi connectivity index (χ0) is 14.7. The second-order valence-electron chi connectivity index (χ2n) is 4.69. The number of carboxylic acids is 1. The molecule has 1 N–H and O–H groups in total. The molecular formula is C12H18N2O4S. The van der Waals surface area contributed by atoms with Crippen molar-refractivity contribution in [3.63, 3.8) is 0 Å². The molecule has 0 aliphatic heterocycles. The summed E-state index contributed by atoms with van der Waals surface area (Å²) < 4.78 is 2.39. The molecule has 6 nitrogen and oxygen atoms in total. The maximum atomic E-state index is 11.7. The maximum absolute atomic E-state index is 11.7. The van der Waals surface area contributed by atoms with E-state index >= 15 is 0 Å². The summed E-state index contributed by atoms with van der Waals surface area (Å²) in [7, 11) is 2.98. The van der Waals surface area contributed by atoms with Crippen LogP contribution in [-0.4, -0.2) is 25.5 Å². The molecule has 1 heterocycles. The third-order valence-corrected chi connectivity index (χ3v) is 4.45. The van der Waals surface area contributed by atoms with Crippen molar-refractivity contribution in [1.29, 1.82) is 0 Å². The third-order valence-electron chi connectivity index (χ3n) is 2.89. The Labute approximate surface area is 115 Å². The summed E-state index contributed by atoms with van der Waals surface area (Å²) in [5, 5.41) is 8.53. The van der Waals surface area contributed by atoms with Crippen molar-refractivity contribution in [3.05, 3.63) is 32.6 Å². The van der Waals surface area contributed by atoms with Gasteiger partial charge in [0.1, 0.15) is 5.25 Å². The summed E-state index contributed by atoms with van der Waals surface area (Å²) in [6.07, 6.45) is 0. The third kappa shape index (κ3) is 3.50. The lowest BCUT2D eigenvalue weighted by molar-refractivity contribution is -0.137. The van der Waals surface area contributed by atoms with E-state index in [2.05, 4.69) is 0 Å². The molecule has 0 saturated heterocycles. The van der Waals surface area contributed by atoms with Gasteiger partial charge in [-0.1, -0.05) is 13.8 Å². The highest BCUT2D eigenvalue weighted by atomic mass is 32.2. The molecule has 0 fully saturated rings. The second-order valence-corrected chi connectivity index (χ2v) is 5.82. The SMILES string of the molecule is CC(C)C(SCc1cc(=O)n(C)c(=O)n1C)C(=O)O. The fourth-order valence-corrected chi connectivity index (χ4v) is 2.80. The van der Waals surface area contributed by atoms with E-state index < -0.39 is 16.9 Å². The molecule has 0 spiro atoms. The topological polar surface area (TPSA) is 81.3 Å². The number of aromatic nitrogens is 2. The number of rotatable bonds is 5. The Bertz CT molecular complexity index is 588. The summed E-state index contributed by atoms with van der Waals surface area (Å²) in [6, 6.07) is 1.37. The molecule has 7 heteroatoms. The zero-order valence-electron chi connectivity index (χ0n) is 11.4. The molecule has 19 heavy (non-hydrogen) atoms. The lowest BCUT2D eigenvalue weighted by atomic mass is 10.1. The summed E-state index contributed by atoms with van der Waals surface area (Å²) in [5.41, 5.74) is -0.250. The predicted molar refractivity (Wildman–Crippen MR) is 74.5 cm³/mol. The van der Waals surface area contributed by atoms with Crippen LogP contribution in [-0.2, 0) is 24.6 Å². The first-order chi connectivity index (χ1) is 8.75. The first-order valence-electron chi connectivity index (χ1n) is 5.86. The summed E-state index contributed by atoms with van der Waals surface area (Å²) in [5.74, 6) is -0.586. The molecule has 1 rings (SSSR count). The lowest BCUT2D eigenvalue weighted by Gasteiger charge is -2.16. The zero-order valence-corrected chi connectivity index (χ0v) is 12.2. The van der Waals surface area contributed by atoms with E-state index in [-0.39, 0.29) is 11.5 Å². The Morgan fingerprint density at radius 1 is 1.32 bits per heavy atom. The minimum Gasteiger partial charge on any atom is -0.480 e. The number of hydrogen-bond acceptors (Lipinski definition) is 4. The largest absolute Gasteiger partial charge is 0.480 e. The molecule has 0 amide bonds. The summed E-state index contributed by atoms with van der Waals surface area (Å²) >= 11 is 1.22. The van der Waals surface area contributed by atoms with Crippen LogP contribution in [0.2, 0.25) is 0 Å². The van der Waals surface area contributed by atoms with Gasteiger partial charge in [0.2, 0.25) is 0 Å². The fraction of sp³-hybridized carbons (Fsp3) is 0.583. The minimum absolute atomic E-state index is 0.0222. The van der Waals surface area contributed by atoms with Crippen LogP contribution in [0.15, 0.2) is 15.7 Å². The molecule has 0 aromatic carbocycles. The first kappa shape index (κ1) is 15.6. The Hall–Kier alpha value is -1.50. The number of thioether (sulfide) groups is 1. The van der Waals surface area contributed by atoms with Gasteiger partial charge in [-0.05, 0) is 5.92 Å². The van der Waals surface area contributed by atoms with Crippen molar-refractivity contribution in [2.75, 3.05) is 0 Å². The van der Waals surface area contributed by atoms with Crippen molar-refractivity contribution in [1.82, 2.24) is 9.13 Å². The molecule has 0 radical (unpaired) electrons. The Balaban J connectivity index is 2.99. The number of nitrogens with zero attached hydrogens (tertiary/aromatic N) is 2. The first-order valence-corrected chi connectivity index (χ1v) is 6.91. The van der Waals surface area contributed by atoms with Crippen molar-refractivity contribution >= 4 is 17.7 Å². The molecule has 0 aliphatic rings.